The molecule has 132 valence electrons. The van der Waals surface area contributed by atoms with Crippen LogP contribution in [-0.2, 0) is 20.7 Å². The Morgan fingerprint density at radius 1 is 1.29 bits per heavy atom. The van der Waals surface area contributed by atoms with Crippen LogP contribution in [-0.4, -0.2) is 25.8 Å². The molecule has 3 atom stereocenters. The van der Waals surface area contributed by atoms with Crippen LogP contribution in [0.25, 0.3) is 0 Å². The van der Waals surface area contributed by atoms with Gasteiger partial charge in [0, 0.05) is 11.6 Å². The van der Waals surface area contributed by atoms with Crippen molar-refractivity contribution in [3.63, 3.8) is 0 Å². The van der Waals surface area contributed by atoms with Gasteiger partial charge in [0.15, 0.2) is 0 Å². The quantitative estimate of drug-likeness (QED) is 0.695. The molecule has 1 spiro atoms. The van der Waals surface area contributed by atoms with E-state index in [1.807, 2.05) is 6.92 Å². The minimum absolute atomic E-state index is 0.0384. The Bertz CT molecular complexity index is 615. The van der Waals surface area contributed by atoms with Crippen LogP contribution in [0.4, 0.5) is 0 Å². The summed E-state index contributed by atoms with van der Waals surface area (Å²) in [5.41, 5.74) is 2.41. The van der Waals surface area contributed by atoms with Gasteiger partial charge in [-0.15, -0.1) is 0 Å². The monoisotopic (exact) mass is 394 g/mol. The van der Waals surface area contributed by atoms with Crippen LogP contribution < -0.4 is 0 Å². The van der Waals surface area contributed by atoms with Gasteiger partial charge in [-0.3, -0.25) is 4.79 Å². The Morgan fingerprint density at radius 3 is 2.54 bits per heavy atom. The van der Waals surface area contributed by atoms with Crippen LogP contribution >= 0.6 is 15.9 Å². The molecule has 0 bridgehead atoms. The summed E-state index contributed by atoms with van der Waals surface area (Å²) in [5, 5.41) is 0. The van der Waals surface area contributed by atoms with E-state index in [0.29, 0.717) is 18.4 Å². The topological polar surface area (TPSA) is 35.5 Å². The Kier molecular flexibility index (Phi) is 5.08. The first kappa shape index (κ1) is 17.9. The second-order valence-corrected chi connectivity index (χ2v) is 8.55. The van der Waals surface area contributed by atoms with Gasteiger partial charge in [-0.25, -0.2) is 0 Å². The first-order valence-corrected chi connectivity index (χ1v) is 9.69. The van der Waals surface area contributed by atoms with Crippen LogP contribution in [0, 0.1) is 17.3 Å². The molecule has 0 saturated heterocycles. The first-order valence-electron chi connectivity index (χ1n) is 8.89. The SMILES string of the molecule is CCOC(=O)C1c2cc(Br)ccc2CC12CC(C)C(OC)C(C)C2. The molecule has 1 aromatic carbocycles. The van der Waals surface area contributed by atoms with E-state index in [1.54, 1.807) is 7.11 Å². The van der Waals surface area contributed by atoms with Gasteiger partial charge in [-0.05, 0) is 66.7 Å². The number of rotatable bonds is 3. The average Bonchev–Trinajstić information content (AvgIpc) is 2.79. The van der Waals surface area contributed by atoms with Gasteiger partial charge in [0.05, 0.1) is 18.6 Å². The van der Waals surface area contributed by atoms with Gasteiger partial charge in [0.1, 0.15) is 0 Å². The number of carbonyl (C=O) groups is 1. The number of esters is 1. The van der Waals surface area contributed by atoms with Crippen LogP contribution in [0.2, 0.25) is 0 Å². The Morgan fingerprint density at radius 2 is 1.96 bits per heavy atom. The number of fused-ring (bicyclic) bond motifs is 1. The molecule has 2 aliphatic carbocycles. The van der Waals surface area contributed by atoms with Gasteiger partial charge in [-0.2, -0.15) is 0 Å². The predicted octanol–water partition coefficient (Wildman–Crippen LogP) is 4.72. The third-order valence-electron chi connectivity index (χ3n) is 5.95. The summed E-state index contributed by atoms with van der Waals surface area (Å²) >= 11 is 3.57. The van der Waals surface area contributed by atoms with Crippen LogP contribution in [0.1, 0.15) is 50.7 Å². The lowest BCUT2D eigenvalue weighted by Gasteiger charge is -2.47. The fraction of sp³-hybridized carbons (Fsp3) is 0.650. The molecule has 0 aliphatic heterocycles. The highest BCUT2D eigenvalue weighted by Gasteiger charge is 2.55. The van der Waals surface area contributed by atoms with Crippen molar-refractivity contribution in [2.75, 3.05) is 13.7 Å². The third kappa shape index (κ3) is 2.92. The molecule has 0 aromatic heterocycles. The fourth-order valence-electron chi connectivity index (χ4n) is 5.41. The molecular formula is C20H27BrO3. The lowest BCUT2D eigenvalue weighted by atomic mass is 9.59. The van der Waals surface area contributed by atoms with E-state index in [1.165, 1.54) is 5.56 Å². The molecule has 0 amide bonds. The normalized spacial score (nSPS) is 35.0. The minimum Gasteiger partial charge on any atom is -0.466 e. The molecule has 1 fully saturated rings. The van der Waals surface area contributed by atoms with E-state index in [0.717, 1.165) is 29.3 Å². The van der Waals surface area contributed by atoms with Crippen molar-refractivity contribution in [2.45, 2.75) is 52.1 Å². The lowest BCUT2D eigenvalue weighted by molar-refractivity contribution is -0.151. The van der Waals surface area contributed by atoms with Gasteiger partial charge < -0.3 is 9.47 Å². The predicted molar refractivity (Wildman–Crippen MR) is 98.0 cm³/mol. The van der Waals surface area contributed by atoms with E-state index in [2.05, 4.69) is 48.0 Å². The van der Waals surface area contributed by atoms with Crippen molar-refractivity contribution in [1.82, 2.24) is 0 Å². The zero-order valence-corrected chi connectivity index (χ0v) is 16.6. The largest absolute Gasteiger partial charge is 0.466 e. The summed E-state index contributed by atoms with van der Waals surface area (Å²) < 4.78 is 12.2. The average molecular weight is 395 g/mol. The second kappa shape index (κ2) is 6.80. The van der Waals surface area contributed by atoms with Crippen LogP contribution in [0.15, 0.2) is 22.7 Å². The van der Waals surface area contributed by atoms with E-state index in [4.69, 9.17) is 9.47 Å². The van der Waals surface area contributed by atoms with Crippen molar-refractivity contribution < 1.29 is 14.3 Å². The second-order valence-electron chi connectivity index (χ2n) is 7.63. The molecule has 3 unspecified atom stereocenters. The maximum atomic E-state index is 12.9. The van der Waals surface area contributed by atoms with Gasteiger partial charge in [0.25, 0.3) is 0 Å². The highest BCUT2D eigenvalue weighted by Crippen LogP contribution is 2.58. The zero-order chi connectivity index (χ0) is 17.5. The molecule has 4 heteroatoms. The van der Waals surface area contributed by atoms with Gasteiger partial charge in [0.2, 0.25) is 0 Å². The van der Waals surface area contributed by atoms with E-state index < -0.39 is 0 Å². The number of carbonyl (C=O) groups excluding carboxylic acids is 1. The summed E-state index contributed by atoms with van der Waals surface area (Å²) in [7, 11) is 1.80. The van der Waals surface area contributed by atoms with Crippen molar-refractivity contribution in [3.8, 4) is 0 Å². The summed E-state index contributed by atoms with van der Waals surface area (Å²) in [6.45, 7) is 6.83. The number of hydrogen-bond acceptors (Lipinski definition) is 3. The number of hydrogen-bond donors (Lipinski definition) is 0. The zero-order valence-electron chi connectivity index (χ0n) is 15.0. The van der Waals surface area contributed by atoms with Crippen LogP contribution in [0.5, 0.6) is 0 Å². The van der Waals surface area contributed by atoms with Gasteiger partial charge in [-0.1, -0.05) is 35.8 Å². The molecule has 1 saturated carbocycles. The molecule has 3 nitrogen and oxygen atoms in total. The van der Waals surface area contributed by atoms with Crippen molar-refractivity contribution >= 4 is 21.9 Å². The highest BCUT2D eigenvalue weighted by atomic mass is 79.9. The number of benzene rings is 1. The smallest absolute Gasteiger partial charge is 0.313 e. The van der Waals surface area contributed by atoms with Crippen molar-refractivity contribution in [2.24, 2.45) is 17.3 Å². The molecule has 3 rings (SSSR count). The van der Waals surface area contributed by atoms with Gasteiger partial charge >= 0.3 is 5.97 Å². The standard InChI is InChI=1S/C20H27BrO3/c1-5-24-19(22)17-16-8-15(21)7-6-14(16)11-20(17)9-12(2)18(23-4)13(3)10-20/h6-8,12-13,17-18H,5,9-11H2,1-4H3. The third-order valence-corrected chi connectivity index (χ3v) is 6.44. The van der Waals surface area contributed by atoms with Crippen molar-refractivity contribution in [1.29, 1.82) is 0 Å². The Hall–Kier alpha value is -0.870. The Labute approximate surface area is 153 Å². The molecule has 0 N–H and O–H groups in total. The van der Waals surface area contributed by atoms with Crippen LogP contribution in [0.3, 0.4) is 0 Å². The molecule has 24 heavy (non-hydrogen) atoms. The molecule has 0 heterocycles. The fourth-order valence-corrected chi connectivity index (χ4v) is 5.79. The molecular weight excluding hydrogens is 368 g/mol. The minimum atomic E-state index is -0.160. The number of methoxy groups -OCH3 is 1. The number of halogens is 1. The summed E-state index contributed by atoms with van der Waals surface area (Å²) in [6, 6.07) is 6.36. The molecule has 2 aliphatic rings. The highest BCUT2D eigenvalue weighted by molar-refractivity contribution is 9.10. The summed E-state index contributed by atoms with van der Waals surface area (Å²) in [6.07, 6.45) is 3.25. The first-order chi connectivity index (χ1) is 11.4. The Balaban J connectivity index is 2.02. The van der Waals surface area contributed by atoms with E-state index in [-0.39, 0.29) is 23.4 Å². The molecule has 0 radical (unpaired) electrons. The maximum Gasteiger partial charge on any atom is 0.313 e. The van der Waals surface area contributed by atoms with E-state index >= 15 is 0 Å². The van der Waals surface area contributed by atoms with E-state index in [9.17, 15) is 4.79 Å². The maximum absolute atomic E-state index is 12.9. The summed E-state index contributed by atoms with van der Waals surface area (Å²) in [5.74, 6) is 0.652. The lowest BCUT2D eigenvalue weighted by Crippen LogP contribution is -2.45. The summed E-state index contributed by atoms with van der Waals surface area (Å²) in [4.78, 5) is 12.9. The van der Waals surface area contributed by atoms with Crippen molar-refractivity contribution in [3.05, 3.63) is 33.8 Å². The molecule has 1 aromatic rings. The number of ether oxygens (including phenoxy) is 2.